The summed E-state index contributed by atoms with van der Waals surface area (Å²) in [6.45, 7) is 3.16. The van der Waals surface area contributed by atoms with E-state index >= 15 is 0 Å². The van der Waals surface area contributed by atoms with Crippen LogP contribution in [0, 0.1) is 5.92 Å². The number of nitrogens with zero attached hydrogens (tertiary/aromatic N) is 1. The first-order chi connectivity index (χ1) is 9.23. The lowest BCUT2D eigenvalue weighted by Gasteiger charge is -2.29. The Morgan fingerprint density at radius 1 is 1.20 bits per heavy atom. The van der Waals surface area contributed by atoms with Gasteiger partial charge in [-0.15, -0.1) is 5.06 Å². The quantitative estimate of drug-likeness (QED) is 0.617. The summed E-state index contributed by atoms with van der Waals surface area (Å²) in [7, 11) is 0. The number of hydroxylamine groups is 2. The van der Waals surface area contributed by atoms with E-state index in [-0.39, 0.29) is 0 Å². The molecular formula is C12H19NO7. The van der Waals surface area contributed by atoms with E-state index in [2.05, 4.69) is 6.92 Å². The van der Waals surface area contributed by atoms with E-state index in [1.165, 1.54) is 5.06 Å². The number of aliphatic hydroxyl groups is 1. The highest BCUT2D eigenvalue weighted by molar-refractivity contribution is 5.88. The van der Waals surface area contributed by atoms with Crippen LogP contribution in [0.2, 0.25) is 0 Å². The van der Waals surface area contributed by atoms with E-state index in [9.17, 15) is 19.5 Å². The monoisotopic (exact) mass is 289 g/mol. The highest BCUT2D eigenvalue weighted by Gasteiger charge is 2.42. The third-order valence-corrected chi connectivity index (χ3v) is 3.25. The van der Waals surface area contributed by atoms with Crippen LogP contribution in [0.4, 0.5) is 0 Å². The summed E-state index contributed by atoms with van der Waals surface area (Å²) < 4.78 is 0. The maximum atomic E-state index is 11.6. The number of piperidine rings is 1. The maximum Gasteiger partial charge on any atom is 0.336 e. The fraction of sp³-hybridized carbons (Fsp3) is 0.750. The second-order valence-electron chi connectivity index (χ2n) is 5.16. The molecule has 1 aliphatic heterocycles. The Morgan fingerprint density at radius 3 is 2.20 bits per heavy atom. The molecule has 3 N–H and O–H groups in total. The minimum absolute atomic E-state index is 0.535. The van der Waals surface area contributed by atoms with Gasteiger partial charge in [-0.1, -0.05) is 6.92 Å². The van der Waals surface area contributed by atoms with Crippen LogP contribution in [0.5, 0.6) is 0 Å². The van der Waals surface area contributed by atoms with Crippen molar-refractivity contribution in [3.05, 3.63) is 0 Å². The van der Waals surface area contributed by atoms with Crippen LogP contribution in [0.3, 0.4) is 0 Å². The number of carbonyl (C=O) groups is 3. The molecule has 8 heteroatoms. The summed E-state index contributed by atoms with van der Waals surface area (Å²) in [6.07, 6.45) is -0.258. The first kappa shape index (κ1) is 16.4. The zero-order valence-electron chi connectivity index (χ0n) is 11.2. The van der Waals surface area contributed by atoms with Crippen molar-refractivity contribution in [1.29, 1.82) is 0 Å². The molecule has 0 amide bonds. The molecule has 0 spiro atoms. The summed E-state index contributed by atoms with van der Waals surface area (Å²) in [5.74, 6) is -3.68. The second-order valence-corrected chi connectivity index (χ2v) is 5.16. The fourth-order valence-electron chi connectivity index (χ4n) is 1.96. The average molecular weight is 289 g/mol. The van der Waals surface area contributed by atoms with Crippen LogP contribution in [-0.2, 0) is 19.2 Å². The van der Waals surface area contributed by atoms with Crippen molar-refractivity contribution < 1.29 is 34.5 Å². The molecule has 114 valence electrons. The third kappa shape index (κ3) is 4.78. The van der Waals surface area contributed by atoms with Crippen molar-refractivity contribution >= 4 is 17.9 Å². The number of carbonyl (C=O) groups excluding carboxylic acids is 1. The van der Waals surface area contributed by atoms with E-state index < -0.39 is 36.4 Å². The molecule has 0 aromatic rings. The van der Waals surface area contributed by atoms with Crippen molar-refractivity contribution in [3.63, 3.8) is 0 Å². The molecule has 1 unspecified atom stereocenters. The van der Waals surface area contributed by atoms with Crippen LogP contribution in [0.25, 0.3) is 0 Å². The van der Waals surface area contributed by atoms with Crippen molar-refractivity contribution in [3.8, 4) is 0 Å². The Hall–Kier alpha value is -1.67. The van der Waals surface area contributed by atoms with Crippen molar-refractivity contribution in [2.75, 3.05) is 13.1 Å². The number of aliphatic carboxylic acids is 2. The van der Waals surface area contributed by atoms with Gasteiger partial charge in [0, 0.05) is 13.1 Å². The van der Waals surface area contributed by atoms with Gasteiger partial charge in [-0.25, -0.2) is 4.79 Å². The van der Waals surface area contributed by atoms with Crippen LogP contribution in [0.1, 0.15) is 32.6 Å². The number of carboxylic acid groups (broad SMARTS) is 2. The van der Waals surface area contributed by atoms with E-state index in [1.807, 2.05) is 0 Å². The van der Waals surface area contributed by atoms with E-state index in [4.69, 9.17) is 15.1 Å². The second kappa shape index (κ2) is 6.67. The summed E-state index contributed by atoms with van der Waals surface area (Å²) in [5, 5.41) is 28.5. The number of rotatable bonds is 6. The minimum Gasteiger partial charge on any atom is -0.481 e. The van der Waals surface area contributed by atoms with Gasteiger partial charge >= 0.3 is 17.9 Å². The summed E-state index contributed by atoms with van der Waals surface area (Å²) in [4.78, 5) is 38.0. The summed E-state index contributed by atoms with van der Waals surface area (Å²) in [5.41, 5.74) is -2.65. The largest absolute Gasteiger partial charge is 0.481 e. The molecule has 8 nitrogen and oxygen atoms in total. The number of hydrogen-bond donors (Lipinski definition) is 3. The van der Waals surface area contributed by atoms with Gasteiger partial charge in [-0.2, -0.15) is 0 Å². The van der Waals surface area contributed by atoms with Gasteiger partial charge in [-0.3, -0.25) is 9.59 Å². The summed E-state index contributed by atoms with van der Waals surface area (Å²) in [6, 6.07) is 0. The number of carboxylic acids is 2. The van der Waals surface area contributed by atoms with E-state index in [1.54, 1.807) is 0 Å². The molecule has 1 heterocycles. The lowest BCUT2D eigenvalue weighted by Crippen LogP contribution is -2.44. The van der Waals surface area contributed by atoms with Crippen molar-refractivity contribution in [2.24, 2.45) is 5.92 Å². The molecule has 0 bridgehead atoms. The van der Waals surface area contributed by atoms with Gasteiger partial charge < -0.3 is 20.2 Å². The number of hydrogen-bond acceptors (Lipinski definition) is 6. The van der Waals surface area contributed by atoms with Gasteiger partial charge in [0.05, 0.1) is 12.8 Å². The molecule has 1 aliphatic rings. The maximum absolute atomic E-state index is 11.6. The summed E-state index contributed by atoms with van der Waals surface area (Å²) >= 11 is 0. The van der Waals surface area contributed by atoms with E-state index in [0.717, 1.165) is 12.8 Å². The van der Waals surface area contributed by atoms with E-state index in [0.29, 0.717) is 19.0 Å². The average Bonchev–Trinajstić information content (AvgIpc) is 2.30. The van der Waals surface area contributed by atoms with Crippen LogP contribution in [-0.4, -0.2) is 57.0 Å². The first-order valence-corrected chi connectivity index (χ1v) is 6.36. The Balaban J connectivity index is 2.54. The molecule has 0 saturated carbocycles. The zero-order valence-corrected chi connectivity index (χ0v) is 11.2. The van der Waals surface area contributed by atoms with Gasteiger partial charge in [0.2, 0.25) is 0 Å². The topological polar surface area (TPSA) is 124 Å². The highest BCUT2D eigenvalue weighted by Crippen LogP contribution is 2.20. The van der Waals surface area contributed by atoms with Gasteiger partial charge in [0.1, 0.15) is 0 Å². The predicted molar refractivity (Wildman–Crippen MR) is 65.5 cm³/mol. The molecule has 1 atom stereocenters. The van der Waals surface area contributed by atoms with Crippen LogP contribution in [0.15, 0.2) is 0 Å². The van der Waals surface area contributed by atoms with Crippen molar-refractivity contribution in [2.45, 2.75) is 38.2 Å². The van der Waals surface area contributed by atoms with Crippen LogP contribution < -0.4 is 0 Å². The highest BCUT2D eigenvalue weighted by atomic mass is 16.7. The van der Waals surface area contributed by atoms with Crippen molar-refractivity contribution in [1.82, 2.24) is 5.06 Å². The smallest absolute Gasteiger partial charge is 0.336 e. The molecule has 0 radical (unpaired) electrons. The standard InChI is InChI=1S/C12H19NO7/c1-8-2-4-13(5-3-8)20-10(16)7-12(19,11(17)18)6-9(14)15/h8,19H,2-7H2,1H3,(H,14,15)(H,17,18). The molecule has 0 aromatic heterocycles. The fourth-order valence-corrected chi connectivity index (χ4v) is 1.96. The molecular weight excluding hydrogens is 270 g/mol. The normalized spacial score (nSPS) is 20.1. The lowest BCUT2D eigenvalue weighted by atomic mass is 9.96. The Labute approximate surface area is 115 Å². The molecule has 0 aliphatic carbocycles. The minimum atomic E-state index is -2.65. The molecule has 1 rings (SSSR count). The predicted octanol–water partition coefficient (Wildman–Crippen LogP) is -0.143. The Bertz CT molecular complexity index is 389. The molecule has 1 fully saturated rings. The Morgan fingerprint density at radius 2 is 1.75 bits per heavy atom. The zero-order chi connectivity index (χ0) is 15.3. The molecule has 0 aromatic carbocycles. The van der Waals surface area contributed by atoms with Gasteiger partial charge in [-0.05, 0) is 18.8 Å². The van der Waals surface area contributed by atoms with Gasteiger partial charge in [0.15, 0.2) is 5.60 Å². The SMILES string of the molecule is CC1CCN(OC(=O)CC(O)(CC(=O)O)C(=O)O)CC1. The molecule has 1 saturated heterocycles. The van der Waals surface area contributed by atoms with Gasteiger partial charge in [0.25, 0.3) is 0 Å². The van der Waals surface area contributed by atoms with Crippen LogP contribution >= 0.6 is 0 Å². The Kier molecular flexibility index (Phi) is 5.46. The molecule has 20 heavy (non-hydrogen) atoms. The first-order valence-electron chi connectivity index (χ1n) is 6.36. The third-order valence-electron chi connectivity index (χ3n) is 3.25. The lowest BCUT2D eigenvalue weighted by molar-refractivity contribution is -0.203.